The van der Waals surface area contributed by atoms with Crippen molar-refractivity contribution >= 4 is 34.2 Å². The molecule has 3 N–H and O–H groups in total. The molecule has 1 amide bonds. The fraction of sp³-hybridized carbons (Fsp3) is 0.438. The van der Waals surface area contributed by atoms with Crippen LogP contribution in [0.4, 0.5) is 0 Å². The third kappa shape index (κ3) is 5.03. The van der Waals surface area contributed by atoms with Crippen LogP contribution < -0.4 is 11.1 Å². The molecular weight excluding hydrogens is 394 g/mol. The summed E-state index contributed by atoms with van der Waals surface area (Å²) in [7, 11) is 0. The number of hydrogen-bond donors (Lipinski definition) is 2. The minimum atomic E-state index is -0.227. The van der Waals surface area contributed by atoms with Crippen LogP contribution in [0.2, 0.25) is 0 Å². The SMILES string of the molecule is CCCCC(CN)NC(=O)c1nnn(-c2cccc(Br)c2)c1C.Cl. The van der Waals surface area contributed by atoms with Gasteiger partial charge in [0.1, 0.15) is 0 Å². The molecule has 0 aliphatic heterocycles. The van der Waals surface area contributed by atoms with Crippen molar-refractivity contribution in [2.24, 2.45) is 5.73 Å². The lowest BCUT2D eigenvalue weighted by molar-refractivity contribution is 0.0930. The van der Waals surface area contributed by atoms with Crippen molar-refractivity contribution < 1.29 is 4.79 Å². The quantitative estimate of drug-likeness (QED) is 0.726. The van der Waals surface area contributed by atoms with E-state index in [1.807, 2.05) is 31.2 Å². The molecule has 0 aliphatic rings. The van der Waals surface area contributed by atoms with Gasteiger partial charge in [0.05, 0.1) is 11.4 Å². The fourth-order valence-electron chi connectivity index (χ4n) is 2.35. The average molecular weight is 417 g/mol. The Morgan fingerprint density at radius 1 is 1.46 bits per heavy atom. The maximum absolute atomic E-state index is 12.4. The number of unbranched alkanes of at least 4 members (excludes halogenated alkanes) is 1. The highest BCUT2D eigenvalue weighted by atomic mass is 79.9. The molecule has 0 aliphatic carbocycles. The normalized spacial score (nSPS) is 11.7. The highest BCUT2D eigenvalue weighted by Crippen LogP contribution is 2.17. The lowest BCUT2D eigenvalue weighted by atomic mass is 10.1. The number of rotatable bonds is 7. The Balaban J connectivity index is 0.00000288. The minimum absolute atomic E-state index is 0. The van der Waals surface area contributed by atoms with E-state index in [0.717, 1.165) is 29.4 Å². The molecule has 24 heavy (non-hydrogen) atoms. The first-order chi connectivity index (χ1) is 11.1. The molecule has 0 radical (unpaired) electrons. The van der Waals surface area contributed by atoms with Crippen LogP contribution in [0.1, 0.15) is 42.4 Å². The third-order valence-electron chi connectivity index (χ3n) is 3.69. The van der Waals surface area contributed by atoms with Gasteiger partial charge in [-0.25, -0.2) is 4.68 Å². The fourth-order valence-corrected chi connectivity index (χ4v) is 2.73. The second-order valence-electron chi connectivity index (χ2n) is 5.46. The van der Waals surface area contributed by atoms with Gasteiger partial charge in [0.25, 0.3) is 5.91 Å². The molecule has 0 saturated heterocycles. The molecule has 1 unspecified atom stereocenters. The smallest absolute Gasteiger partial charge is 0.274 e. The highest BCUT2D eigenvalue weighted by molar-refractivity contribution is 9.10. The van der Waals surface area contributed by atoms with Gasteiger partial charge in [-0.05, 0) is 31.5 Å². The molecule has 0 saturated carbocycles. The van der Waals surface area contributed by atoms with Crippen LogP contribution >= 0.6 is 28.3 Å². The van der Waals surface area contributed by atoms with Crippen molar-refractivity contribution in [3.63, 3.8) is 0 Å². The van der Waals surface area contributed by atoms with Gasteiger partial charge < -0.3 is 11.1 Å². The first kappa shape index (κ1) is 20.6. The van der Waals surface area contributed by atoms with Crippen molar-refractivity contribution in [1.29, 1.82) is 0 Å². The standard InChI is InChI=1S/C16H22BrN5O.ClH/c1-3-4-7-13(10-18)19-16(23)15-11(2)22(21-20-15)14-8-5-6-12(17)9-14;/h5-6,8-9,13H,3-4,7,10,18H2,1-2H3,(H,19,23);1H. The van der Waals surface area contributed by atoms with Crippen molar-refractivity contribution in [1.82, 2.24) is 20.3 Å². The van der Waals surface area contributed by atoms with Crippen LogP contribution in [-0.4, -0.2) is 33.5 Å². The Hall–Kier alpha value is -1.44. The zero-order chi connectivity index (χ0) is 16.8. The number of nitrogens with zero attached hydrogens (tertiary/aromatic N) is 3. The second kappa shape index (κ2) is 9.76. The Morgan fingerprint density at radius 2 is 2.21 bits per heavy atom. The number of hydrogen-bond acceptors (Lipinski definition) is 4. The van der Waals surface area contributed by atoms with Crippen LogP contribution in [0.25, 0.3) is 5.69 Å². The number of nitrogens with one attached hydrogen (secondary N) is 1. The number of benzene rings is 1. The van der Waals surface area contributed by atoms with E-state index in [1.54, 1.807) is 4.68 Å². The van der Waals surface area contributed by atoms with Crippen LogP contribution in [0.3, 0.4) is 0 Å². The Morgan fingerprint density at radius 3 is 2.83 bits per heavy atom. The van der Waals surface area contributed by atoms with E-state index in [0.29, 0.717) is 17.9 Å². The lowest BCUT2D eigenvalue weighted by Crippen LogP contribution is -2.40. The zero-order valence-corrected chi connectivity index (χ0v) is 16.2. The molecule has 0 fully saturated rings. The van der Waals surface area contributed by atoms with Crippen LogP contribution in [0.15, 0.2) is 28.7 Å². The average Bonchev–Trinajstić information content (AvgIpc) is 2.93. The van der Waals surface area contributed by atoms with Gasteiger partial charge in [-0.2, -0.15) is 0 Å². The van der Waals surface area contributed by atoms with Crippen molar-refractivity contribution in [2.75, 3.05) is 6.54 Å². The number of aromatic nitrogens is 3. The van der Waals surface area contributed by atoms with E-state index in [-0.39, 0.29) is 24.4 Å². The number of carbonyl (C=O) groups excluding carboxylic acids is 1. The molecule has 0 bridgehead atoms. The Labute approximate surface area is 156 Å². The molecule has 8 heteroatoms. The van der Waals surface area contributed by atoms with Gasteiger partial charge in [0.15, 0.2) is 5.69 Å². The molecule has 1 atom stereocenters. The van der Waals surface area contributed by atoms with E-state index < -0.39 is 0 Å². The van der Waals surface area contributed by atoms with Crippen molar-refractivity contribution in [3.8, 4) is 5.69 Å². The summed E-state index contributed by atoms with van der Waals surface area (Å²) in [6.07, 6.45) is 2.98. The Bertz CT molecular complexity index is 676. The number of halogens is 2. The molecule has 0 spiro atoms. The minimum Gasteiger partial charge on any atom is -0.347 e. The van der Waals surface area contributed by atoms with Gasteiger partial charge in [0, 0.05) is 17.1 Å². The monoisotopic (exact) mass is 415 g/mol. The van der Waals surface area contributed by atoms with Gasteiger partial charge in [-0.1, -0.05) is 47.0 Å². The van der Waals surface area contributed by atoms with Gasteiger partial charge in [-0.3, -0.25) is 4.79 Å². The zero-order valence-electron chi connectivity index (χ0n) is 13.8. The van der Waals surface area contributed by atoms with Crippen LogP contribution in [-0.2, 0) is 0 Å². The first-order valence-corrected chi connectivity index (χ1v) is 8.55. The second-order valence-corrected chi connectivity index (χ2v) is 6.38. The molecular formula is C16H23BrClN5O. The highest BCUT2D eigenvalue weighted by Gasteiger charge is 2.19. The first-order valence-electron chi connectivity index (χ1n) is 7.76. The largest absolute Gasteiger partial charge is 0.347 e. The molecule has 1 aromatic carbocycles. The maximum atomic E-state index is 12.4. The number of amides is 1. The van der Waals surface area contributed by atoms with Gasteiger partial charge in [0.2, 0.25) is 0 Å². The molecule has 132 valence electrons. The molecule has 2 rings (SSSR count). The molecule has 6 nitrogen and oxygen atoms in total. The summed E-state index contributed by atoms with van der Waals surface area (Å²) in [6.45, 7) is 4.37. The predicted molar refractivity (Wildman–Crippen MR) is 101 cm³/mol. The molecule has 1 heterocycles. The number of carbonyl (C=O) groups is 1. The summed E-state index contributed by atoms with van der Waals surface area (Å²) in [4.78, 5) is 12.4. The van der Waals surface area contributed by atoms with Crippen LogP contribution in [0, 0.1) is 6.92 Å². The summed E-state index contributed by atoms with van der Waals surface area (Å²) < 4.78 is 2.60. The predicted octanol–water partition coefficient (Wildman–Crippen LogP) is 3.01. The van der Waals surface area contributed by atoms with Gasteiger partial charge >= 0.3 is 0 Å². The Kier molecular flexibility index (Phi) is 8.38. The topological polar surface area (TPSA) is 85.8 Å². The van der Waals surface area contributed by atoms with Crippen molar-refractivity contribution in [2.45, 2.75) is 39.2 Å². The summed E-state index contributed by atoms with van der Waals surface area (Å²) >= 11 is 3.43. The van der Waals surface area contributed by atoms with Crippen molar-refractivity contribution in [3.05, 3.63) is 40.1 Å². The maximum Gasteiger partial charge on any atom is 0.274 e. The summed E-state index contributed by atoms with van der Waals surface area (Å²) in [5.74, 6) is -0.227. The van der Waals surface area contributed by atoms with Crippen LogP contribution in [0.5, 0.6) is 0 Å². The molecule has 2 aromatic rings. The van der Waals surface area contributed by atoms with E-state index in [2.05, 4.69) is 38.5 Å². The van der Waals surface area contributed by atoms with E-state index >= 15 is 0 Å². The summed E-state index contributed by atoms with van der Waals surface area (Å²) in [5, 5.41) is 11.1. The third-order valence-corrected chi connectivity index (χ3v) is 4.18. The summed E-state index contributed by atoms with van der Waals surface area (Å²) in [5.41, 5.74) is 7.62. The number of nitrogens with two attached hydrogens (primary N) is 1. The lowest BCUT2D eigenvalue weighted by Gasteiger charge is -2.15. The van der Waals surface area contributed by atoms with E-state index in [4.69, 9.17) is 5.73 Å². The van der Waals surface area contributed by atoms with Gasteiger partial charge in [-0.15, -0.1) is 17.5 Å². The van der Waals surface area contributed by atoms with E-state index in [9.17, 15) is 4.79 Å². The molecule has 1 aromatic heterocycles. The van der Waals surface area contributed by atoms with E-state index in [1.165, 1.54) is 0 Å². The summed E-state index contributed by atoms with van der Waals surface area (Å²) in [6, 6.07) is 7.65.